The molecule has 5 nitrogen and oxygen atoms in total. The fourth-order valence-corrected chi connectivity index (χ4v) is 5.55. The Hall–Kier alpha value is -2.15. The zero-order valence-corrected chi connectivity index (χ0v) is 19.4. The second-order valence-electron chi connectivity index (χ2n) is 10.2. The molecule has 0 aromatic heterocycles. The Morgan fingerprint density at radius 2 is 1.78 bits per heavy atom. The SMILES string of the molecule is C=CC(=O)N1CC2(CCN(C(=O)N3CCC(C)(C)C[C@@H]3c3ccccc3Cl)CC2(F)F)C1. The Kier molecular flexibility index (Phi) is 5.76. The van der Waals surface area contributed by atoms with Gasteiger partial charge < -0.3 is 14.7 Å². The van der Waals surface area contributed by atoms with Crippen LogP contribution >= 0.6 is 11.6 Å². The zero-order chi connectivity index (χ0) is 23.3. The minimum absolute atomic E-state index is 0.00698. The Bertz CT molecular complexity index is 930. The molecule has 0 bridgehead atoms. The highest BCUT2D eigenvalue weighted by molar-refractivity contribution is 6.31. The van der Waals surface area contributed by atoms with E-state index in [-0.39, 0.29) is 49.5 Å². The minimum Gasteiger partial charge on any atom is -0.337 e. The molecular weight excluding hydrogens is 436 g/mol. The molecule has 0 saturated carbocycles. The van der Waals surface area contributed by atoms with E-state index in [2.05, 4.69) is 20.4 Å². The van der Waals surface area contributed by atoms with Crippen molar-refractivity contribution in [3.05, 3.63) is 47.5 Å². The van der Waals surface area contributed by atoms with Gasteiger partial charge in [0.2, 0.25) is 5.91 Å². The maximum absolute atomic E-state index is 15.2. The van der Waals surface area contributed by atoms with Gasteiger partial charge in [-0.2, -0.15) is 0 Å². The molecule has 1 aromatic carbocycles. The average Bonchev–Trinajstić information content (AvgIpc) is 2.70. The van der Waals surface area contributed by atoms with Gasteiger partial charge in [-0.05, 0) is 42.4 Å². The van der Waals surface area contributed by atoms with Crippen molar-refractivity contribution in [3.63, 3.8) is 0 Å². The van der Waals surface area contributed by atoms with E-state index >= 15 is 8.78 Å². The fraction of sp³-hybridized carbons (Fsp3) is 0.583. The third-order valence-electron chi connectivity index (χ3n) is 7.43. The zero-order valence-electron chi connectivity index (χ0n) is 18.6. The van der Waals surface area contributed by atoms with Crippen molar-refractivity contribution >= 4 is 23.5 Å². The van der Waals surface area contributed by atoms with Gasteiger partial charge in [0, 0.05) is 31.2 Å². The standard InChI is InChI=1S/C24H30ClF2N3O2/c1-4-20(31)29-14-23(15-29)10-11-28(16-24(23,26)27)21(32)30-12-9-22(2,3)13-19(30)17-7-5-6-8-18(17)25/h4-8,19H,1,9-16H2,2-3H3/t19-/m1/s1. The topological polar surface area (TPSA) is 43.9 Å². The van der Waals surface area contributed by atoms with Crippen molar-refractivity contribution in [1.82, 2.24) is 14.7 Å². The molecule has 8 heteroatoms. The quantitative estimate of drug-likeness (QED) is 0.578. The summed E-state index contributed by atoms with van der Waals surface area (Å²) in [5.41, 5.74) is -0.383. The summed E-state index contributed by atoms with van der Waals surface area (Å²) in [5.74, 6) is -3.39. The number of piperidine rings is 2. The predicted octanol–water partition coefficient (Wildman–Crippen LogP) is 4.98. The molecule has 0 unspecified atom stereocenters. The first-order valence-corrected chi connectivity index (χ1v) is 11.5. The summed E-state index contributed by atoms with van der Waals surface area (Å²) in [6.07, 6.45) is 2.83. The molecule has 3 aliphatic rings. The van der Waals surface area contributed by atoms with Gasteiger partial charge in [0.15, 0.2) is 0 Å². The maximum Gasteiger partial charge on any atom is 0.320 e. The van der Waals surface area contributed by atoms with Crippen LogP contribution in [-0.2, 0) is 4.79 Å². The lowest BCUT2D eigenvalue weighted by Gasteiger charge is -2.57. The van der Waals surface area contributed by atoms with E-state index < -0.39 is 17.9 Å². The monoisotopic (exact) mass is 465 g/mol. The lowest BCUT2D eigenvalue weighted by molar-refractivity contribution is -0.218. The number of alkyl halides is 2. The van der Waals surface area contributed by atoms with Gasteiger partial charge in [0.05, 0.1) is 18.0 Å². The molecule has 1 spiro atoms. The summed E-state index contributed by atoms with van der Waals surface area (Å²) in [6, 6.07) is 6.82. The highest BCUT2D eigenvalue weighted by atomic mass is 35.5. The van der Waals surface area contributed by atoms with E-state index in [0.29, 0.717) is 11.6 Å². The number of halogens is 3. The second kappa shape index (κ2) is 8.01. The molecule has 3 fully saturated rings. The van der Waals surface area contributed by atoms with Gasteiger partial charge in [-0.1, -0.05) is 50.2 Å². The Labute approximate surface area is 193 Å². The van der Waals surface area contributed by atoms with Crippen molar-refractivity contribution < 1.29 is 18.4 Å². The number of rotatable bonds is 2. The normalized spacial score (nSPS) is 25.9. The van der Waals surface area contributed by atoms with Crippen LogP contribution in [0.5, 0.6) is 0 Å². The smallest absolute Gasteiger partial charge is 0.320 e. The number of urea groups is 1. The number of hydrogen-bond donors (Lipinski definition) is 0. The summed E-state index contributed by atoms with van der Waals surface area (Å²) < 4.78 is 30.5. The summed E-state index contributed by atoms with van der Waals surface area (Å²) in [5, 5.41) is 0.581. The van der Waals surface area contributed by atoms with Crippen LogP contribution < -0.4 is 0 Å². The van der Waals surface area contributed by atoms with Crippen LogP contribution in [0.4, 0.5) is 13.6 Å². The molecule has 174 valence electrons. The van der Waals surface area contributed by atoms with E-state index in [4.69, 9.17) is 11.6 Å². The molecule has 3 heterocycles. The highest BCUT2D eigenvalue weighted by Crippen LogP contribution is 2.51. The number of nitrogens with zero attached hydrogens (tertiary/aromatic N) is 3. The van der Waals surface area contributed by atoms with Gasteiger partial charge in [-0.15, -0.1) is 0 Å². The van der Waals surface area contributed by atoms with Crippen molar-refractivity contribution in [1.29, 1.82) is 0 Å². The molecule has 3 amide bonds. The van der Waals surface area contributed by atoms with E-state index in [0.717, 1.165) is 24.5 Å². The number of hydrogen-bond acceptors (Lipinski definition) is 2. The van der Waals surface area contributed by atoms with Gasteiger partial charge in [-0.25, -0.2) is 13.6 Å². The maximum atomic E-state index is 15.2. The summed E-state index contributed by atoms with van der Waals surface area (Å²) in [6.45, 7) is 7.87. The molecule has 3 saturated heterocycles. The van der Waals surface area contributed by atoms with Gasteiger partial charge in [0.25, 0.3) is 5.92 Å². The van der Waals surface area contributed by atoms with Crippen molar-refractivity contribution in [2.45, 2.75) is 45.1 Å². The first-order chi connectivity index (χ1) is 15.0. The van der Waals surface area contributed by atoms with E-state index in [9.17, 15) is 9.59 Å². The van der Waals surface area contributed by atoms with E-state index in [1.54, 1.807) is 11.0 Å². The lowest BCUT2D eigenvalue weighted by atomic mass is 9.69. The van der Waals surface area contributed by atoms with Gasteiger partial charge >= 0.3 is 6.03 Å². The summed E-state index contributed by atoms with van der Waals surface area (Å²) in [7, 11) is 0. The highest BCUT2D eigenvalue weighted by Gasteiger charge is 2.64. The molecule has 0 aliphatic carbocycles. The molecule has 0 N–H and O–H groups in total. The van der Waals surface area contributed by atoms with Gasteiger partial charge in [-0.3, -0.25) is 4.79 Å². The van der Waals surface area contributed by atoms with Crippen LogP contribution in [0.15, 0.2) is 36.9 Å². The lowest BCUT2D eigenvalue weighted by Crippen LogP contribution is -2.71. The molecule has 4 rings (SSSR count). The number of likely N-dealkylation sites (tertiary alicyclic amines) is 3. The first kappa shape index (κ1) is 23.0. The number of benzene rings is 1. The van der Waals surface area contributed by atoms with Gasteiger partial charge in [0.1, 0.15) is 0 Å². The minimum atomic E-state index is -3.06. The Morgan fingerprint density at radius 1 is 1.09 bits per heavy atom. The predicted molar refractivity (Wildman–Crippen MR) is 120 cm³/mol. The third kappa shape index (κ3) is 3.89. The summed E-state index contributed by atoms with van der Waals surface area (Å²) >= 11 is 6.46. The van der Waals surface area contributed by atoms with Crippen LogP contribution in [0.2, 0.25) is 5.02 Å². The number of carbonyl (C=O) groups is 2. The van der Waals surface area contributed by atoms with Crippen LogP contribution in [0.3, 0.4) is 0 Å². The van der Waals surface area contributed by atoms with Crippen molar-refractivity contribution in [3.8, 4) is 0 Å². The number of amides is 3. The molecule has 1 atom stereocenters. The van der Waals surface area contributed by atoms with Crippen molar-refractivity contribution in [2.24, 2.45) is 10.8 Å². The molecule has 0 radical (unpaired) electrons. The second-order valence-corrected chi connectivity index (χ2v) is 10.6. The van der Waals surface area contributed by atoms with Crippen molar-refractivity contribution in [2.75, 3.05) is 32.7 Å². The van der Waals surface area contributed by atoms with Crippen LogP contribution in [-0.4, -0.2) is 65.3 Å². The largest absolute Gasteiger partial charge is 0.337 e. The molecule has 32 heavy (non-hydrogen) atoms. The third-order valence-corrected chi connectivity index (χ3v) is 7.78. The van der Waals surface area contributed by atoms with Crippen LogP contribution in [0, 0.1) is 10.8 Å². The van der Waals surface area contributed by atoms with E-state index in [1.807, 2.05) is 18.2 Å². The van der Waals surface area contributed by atoms with Crippen LogP contribution in [0.1, 0.15) is 44.7 Å². The Morgan fingerprint density at radius 3 is 2.41 bits per heavy atom. The molecule has 3 aliphatic heterocycles. The Balaban J connectivity index is 1.52. The fourth-order valence-electron chi connectivity index (χ4n) is 5.29. The van der Waals surface area contributed by atoms with E-state index in [1.165, 1.54) is 9.80 Å². The number of carbonyl (C=O) groups excluding carboxylic acids is 2. The molecule has 1 aromatic rings. The van der Waals surface area contributed by atoms with Crippen LogP contribution in [0.25, 0.3) is 0 Å². The first-order valence-electron chi connectivity index (χ1n) is 11.1. The molecular formula is C24H30ClF2N3O2. The summed E-state index contributed by atoms with van der Waals surface area (Å²) in [4.78, 5) is 29.6. The average molecular weight is 466 g/mol.